The van der Waals surface area contributed by atoms with E-state index >= 15 is 0 Å². The van der Waals surface area contributed by atoms with E-state index in [9.17, 15) is 9.59 Å². The van der Waals surface area contributed by atoms with Crippen molar-refractivity contribution in [3.05, 3.63) is 44.2 Å². The molecule has 0 fully saturated rings. The Morgan fingerprint density at radius 2 is 2.14 bits per heavy atom. The molecule has 0 saturated heterocycles. The molecule has 1 N–H and O–H groups in total. The fraction of sp³-hybridized carbons (Fsp3) is 0.214. The molecule has 5 nitrogen and oxygen atoms in total. The smallest absolute Gasteiger partial charge is 0.346 e. The van der Waals surface area contributed by atoms with Crippen molar-refractivity contribution < 1.29 is 9.53 Å². The quantitative estimate of drug-likeness (QED) is 0.513. The van der Waals surface area contributed by atoms with Crippen LogP contribution in [0.5, 0.6) is 0 Å². The molecule has 0 aliphatic carbocycles. The number of thioether (sulfide) groups is 1. The normalized spacial score (nSPS) is 10.5. The molecule has 0 spiro atoms. The molecule has 1 aromatic carbocycles. The molecule has 22 heavy (non-hydrogen) atoms. The summed E-state index contributed by atoms with van der Waals surface area (Å²) in [6, 6.07) is 4.84. The van der Waals surface area contributed by atoms with Crippen molar-refractivity contribution in [2.24, 2.45) is 0 Å². The van der Waals surface area contributed by atoms with Gasteiger partial charge in [0.05, 0.1) is 11.6 Å². The summed E-state index contributed by atoms with van der Waals surface area (Å²) >= 11 is 13.2. The van der Waals surface area contributed by atoms with Gasteiger partial charge in [-0.1, -0.05) is 23.2 Å². The molecule has 0 saturated carbocycles. The average Bonchev–Trinajstić information content (AvgIpc) is 2.46. The number of hydrogen-bond acceptors (Lipinski definition) is 5. The molecule has 1 aromatic heterocycles. The minimum Gasteiger partial charge on any atom is -0.462 e. The predicted molar refractivity (Wildman–Crippen MR) is 88.1 cm³/mol. The Morgan fingerprint density at radius 1 is 1.41 bits per heavy atom. The van der Waals surface area contributed by atoms with Gasteiger partial charge in [-0.05, 0) is 31.4 Å². The zero-order valence-electron chi connectivity index (χ0n) is 11.8. The molecule has 0 amide bonds. The maximum atomic E-state index is 12.2. The zero-order chi connectivity index (χ0) is 16.3. The number of carbonyl (C=O) groups excluding carboxylic acids is 1. The Morgan fingerprint density at radius 3 is 2.73 bits per heavy atom. The Hall–Kier alpha value is -1.50. The number of aromatic nitrogens is 2. The minimum atomic E-state index is -0.700. The van der Waals surface area contributed by atoms with Crippen LogP contribution in [0.15, 0.2) is 28.0 Å². The summed E-state index contributed by atoms with van der Waals surface area (Å²) in [5, 5.41) is 1.11. The second-order valence-corrected chi connectivity index (χ2v) is 5.78. The van der Waals surface area contributed by atoms with Crippen LogP contribution >= 0.6 is 35.0 Å². The summed E-state index contributed by atoms with van der Waals surface area (Å²) in [6.45, 7) is 1.84. The molecule has 0 unspecified atom stereocenters. The first-order valence-electron chi connectivity index (χ1n) is 6.28. The van der Waals surface area contributed by atoms with Crippen molar-refractivity contribution in [1.29, 1.82) is 0 Å². The predicted octanol–water partition coefficient (Wildman–Crippen LogP) is 3.64. The van der Waals surface area contributed by atoms with Crippen molar-refractivity contribution >= 4 is 40.9 Å². The molecule has 0 aliphatic heterocycles. The number of nitrogens with zero attached hydrogens (tertiary/aromatic N) is 1. The van der Waals surface area contributed by atoms with Gasteiger partial charge in [0.25, 0.3) is 5.56 Å². The highest BCUT2D eigenvalue weighted by Gasteiger charge is 2.20. The first kappa shape index (κ1) is 16.9. The lowest BCUT2D eigenvalue weighted by Gasteiger charge is -2.09. The number of aromatic amines is 1. The van der Waals surface area contributed by atoms with Gasteiger partial charge in [-0.2, -0.15) is 0 Å². The SMILES string of the molecule is CCOC(=O)c1c(SC)nc(-c2ccc(Cl)cc2Cl)[nH]c1=O. The summed E-state index contributed by atoms with van der Waals surface area (Å²) in [7, 11) is 0. The molecule has 0 radical (unpaired) electrons. The molecular formula is C14H12Cl2N2O3S. The fourth-order valence-corrected chi connectivity index (χ4v) is 2.85. The number of H-pyrrole nitrogens is 1. The Bertz CT molecular complexity index is 777. The lowest BCUT2D eigenvalue weighted by Crippen LogP contribution is -2.23. The van der Waals surface area contributed by atoms with E-state index in [1.807, 2.05) is 0 Å². The van der Waals surface area contributed by atoms with Gasteiger partial charge in [-0.15, -0.1) is 11.8 Å². The second kappa shape index (κ2) is 7.17. The number of carbonyl (C=O) groups is 1. The average molecular weight is 359 g/mol. The van der Waals surface area contributed by atoms with Gasteiger partial charge in [0.1, 0.15) is 10.9 Å². The number of nitrogens with one attached hydrogen (secondary N) is 1. The summed E-state index contributed by atoms with van der Waals surface area (Å²) < 4.78 is 4.88. The summed E-state index contributed by atoms with van der Waals surface area (Å²) in [6.07, 6.45) is 1.72. The molecule has 0 atom stereocenters. The van der Waals surface area contributed by atoms with E-state index in [0.717, 1.165) is 0 Å². The van der Waals surface area contributed by atoms with E-state index in [1.54, 1.807) is 31.4 Å². The van der Waals surface area contributed by atoms with Gasteiger partial charge in [0.15, 0.2) is 5.56 Å². The van der Waals surface area contributed by atoms with Gasteiger partial charge in [-0.3, -0.25) is 4.79 Å². The number of benzene rings is 1. The van der Waals surface area contributed by atoms with Crippen molar-refractivity contribution in [2.45, 2.75) is 11.9 Å². The van der Waals surface area contributed by atoms with Crippen LogP contribution in [0.1, 0.15) is 17.3 Å². The summed E-state index contributed by atoms with van der Waals surface area (Å²) in [4.78, 5) is 30.9. The highest BCUT2D eigenvalue weighted by atomic mass is 35.5. The van der Waals surface area contributed by atoms with Crippen LogP contribution in [-0.2, 0) is 4.74 Å². The Kier molecular flexibility index (Phi) is 5.50. The van der Waals surface area contributed by atoms with Crippen molar-refractivity contribution in [3.63, 3.8) is 0 Å². The maximum Gasteiger partial charge on any atom is 0.346 e. The molecule has 2 aromatic rings. The molecule has 0 bridgehead atoms. The van der Waals surface area contributed by atoms with Crippen molar-refractivity contribution in [3.8, 4) is 11.4 Å². The topological polar surface area (TPSA) is 72.0 Å². The maximum absolute atomic E-state index is 12.2. The van der Waals surface area contributed by atoms with Crippen LogP contribution in [0.25, 0.3) is 11.4 Å². The zero-order valence-corrected chi connectivity index (χ0v) is 14.1. The van der Waals surface area contributed by atoms with Crippen LogP contribution in [0.3, 0.4) is 0 Å². The molecule has 2 rings (SSSR count). The van der Waals surface area contributed by atoms with Crippen LogP contribution in [0, 0.1) is 0 Å². The number of rotatable bonds is 4. The molecule has 8 heteroatoms. The van der Waals surface area contributed by atoms with Crippen molar-refractivity contribution in [2.75, 3.05) is 12.9 Å². The van der Waals surface area contributed by atoms with Gasteiger partial charge >= 0.3 is 5.97 Å². The molecule has 1 heterocycles. The lowest BCUT2D eigenvalue weighted by atomic mass is 10.2. The first-order chi connectivity index (χ1) is 10.5. The third-order valence-electron chi connectivity index (χ3n) is 2.75. The van der Waals surface area contributed by atoms with Gasteiger partial charge in [-0.25, -0.2) is 9.78 Å². The van der Waals surface area contributed by atoms with Crippen LogP contribution < -0.4 is 5.56 Å². The molecular weight excluding hydrogens is 347 g/mol. The van der Waals surface area contributed by atoms with Crippen LogP contribution in [0.2, 0.25) is 10.0 Å². The van der Waals surface area contributed by atoms with E-state index in [4.69, 9.17) is 27.9 Å². The van der Waals surface area contributed by atoms with E-state index < -0.39 is 11.5 Å². The first-order valence-corrected chi connectivity index (χ1v) is 8.26. The molecule has 116 valence electrons. The summed E-state index contributed by atoms with van der Waals surface area (Å²) in [5.74, 6) is -0.432. The highest BCUT2D eigenvalue weighted by Crippen LogP contribution is 2.29. The lowest BCUT2D eigenvalue weighted by molar-refractivity contribution is 0.0519. The van der Waals surface area contributed by atoms with Crippen molar-refractivity contribution in [1.82, 2.24) is 9.97 Å². The van der Waals surface area contributed by atoms with E-state index in [2.05, 4.69) is 9.97 Å². The largest absolute Gasteiger partial charge is 0.462 e. The summed E-state index contributed by atoms with van der Waals surface area (Å²) in [5.41, 5.74) is -0.157. The highest BCUT2D eigenvalue weighted by molar-refractivity contribution is 7.98. The standard InChI is InChI=1S/C14H12Cl2N2O3S/c1-3-21-14(20)10-12(19)17-11(18-13(10)22-2)8-5-4-7(15)6-9(8)16/h4-6H,3H2,1-2H3,(H,17,18,19). The fourth-order valence-electron chi connectivity index (χ4n) is 1.79. The van der Waals surface area contributed by atoms with E-state index in [0.29, 0.717) is 15.6 Å². The van der Waals surface area contributed by atoms with E-state index in [-0.39, 0.29) is 23.0 Å². The van der Waals surface area contributed by atoms with Crippen LogP contribution in [0.4, 0.5) is 0 Å². The van der Waals surface area contributed by atoms with Gasteiger partial charge in [0.2, 0.25) is 0 Å². The molecule has 0 aliphatic rings. The van der Waals surface area contributed by atoms with Crippen LogP contribution in [-0.4, -0.2) is 28.8 Å². The number of hydrogen-bond donors (Lipinski definition) is 1. The Balaban J connectivity index is 2.59. The third kappa shape index (κ3) is 3.45. The Labute approximate surface area is 141 Å². The van der Waals surface area contributed by atoms with Gasteiger partial charge < -0.3 is 9.72 Å². The monoisotopic (exact) mass is 358 g/mol. The minimum absolute atomic E-state index is 0.108. The van der Waals surface area contributed by atoms with E-state index in [1.165, 1.54) is 11.8 Å². The number of esters is 1. The number of halogens is 2. The number of ether oxygens (including phenoxy) is 1. The van der Waals surface area contributed by atoms with Gasteiger partial charge in [0, 0.05) is 10.6 Å². The third-order valence-corrected chi connectivity index (χ3v) is 3.98. The second-order valence-electron chi connectivity index (χ2n) is 4.14.